The van der Waals surface area contributed by atoms with Crippen molar-refractivity contribution >= 4 is 19.8 Å². The highest BCUT2D eigenvalue weighted by atomic mass is 28.2. The fourth-order valence-electron chi connectivity index (χ4n) is 2.79. The molecule has 1 aromatic rings. The number of hydrogen-bond donors (Lipinski definition) is 0. The van der Waals surface area contributed by atoms with E-state index in [-0.39, 0.29) is 8.41 Å². The summed E-state index contributed by atoms with van der Waals surface area (Å²) in [5.74, 6) is 0. The molecular formula is C17H19NSi. The van der Waals surface area contributed by atoms with E-state index in [4.69, 9.17) is 0 Å². The fraction of sp³-hybridized carbons (Fsp3) is 0.235. The maximum Gasteiger partial charge on any atom is 0.0677 e. The predicted molar refractivity (Wildman–Crippen MR) is 86.2 cm³/mol. The van der Waals surface area contributed by atoms with Crippen LogP contribution in [-0.4, -0.2) is 20.1 Å². The summed E-state index contributed by atoms with van der Waals surface area (Å²) in [6.45, 7) is 6.86. The average Bonchev–Trinajstić information content (AvgIpc) is 2.84. The zero-order valence-corrected chi connectivity index (χ0v) is 12.7. The van der Waals surface area contributed by atoms with E-state index in [2.05, 4.69) is 79.1 Å². The first-order chi connectivity index (χ1) is 9.15. The Morgan fingerprint density at radius 1 is 1.11 bits per heavy atom. The third kappa shape index (κ3) is 2.28. The number of rotatable bonds is 2. The summed E-state index contributed by atoms with van der Waals surface area (Å²) in [5, 5.41) is 0. The van der Waals surface area contributed by atoms with Crippen LogP contribution in [0.15, 0.2) is 65.4 Å². The highest BCUT2D eigenvalue weighted by Crippen LogP contribution is 2.37. The largest absolute Gasteiger partial charge is 0.331 e. The van der Waals surface area contributed by atoms with E-state index in [1.165, 1.54) is 22.5 Å². The second-order valence-corrected chi connectivity index (χ2v) is 7.97. The molecule has 0 bridgehead atoms. The van der Waals surface area contributed by atoms with Crippen LogP contribution < -0.4 is 4.90 Å². The van der Waals surface area contributed by atoms with Gasteiger partial charge >= 0.3 is 0 Å². The van der Waals surface area contributed by atoms with Crippen LogP contribution in [0.5, 0.6) is 0 Å². The molecule has 2 heteroatoms. The summed E-state index contributed by atoms with van der Waals surface area (Å²) in [7, 11) is -0.360. The van der Waals surface area contributed by atoms with Crippen LogP contribution in [0.2, 0.25) is 13.1 Å². The summed E-state index contributed by atoms with van der Waals surface area (Å²) >= 11 is 0. The quantitative estimate of drug-likeness (QED) is 0.736. The highest BCUT2D eigenvalue weighted by Gasteiger charge is 2.29. The second-order valence-electron chi connectivity index (χ2n) is 5.48. The average molecular weight is 265 g/mol. The molecule has 1 aromatic carbocycles. The van der Waals surface area contributed by atoms with Crippen LogP contribution in [0, 0.1) is 0 Å². The molecule has 1 nitrogen and oxygen atoms in total. The molecule has 0 fully saturated rings. The van der Waals surface area contributed by atoms with Gasteiger partial charge < -0.3 is 4.90 Å². The molecule has 1 unspecified atom stereocenters. The molecule has 0 saturated heterocycles. The van der Waals surface area contributed by atoms with Gasteiger partial charge in [-0.15, -0.1) is 0 Å². The first kappa shape index (κ1) is 12.4. The fourth-order valence-corrected chi connectivity index (χ4v) is 3.71. The van der Waals surface area contributed by atoms with Gasteiger partial charge in [0.1, 0.15) is 0 Å². The van der Waals surface area contributed by atoms with Crippen molar-refractivity contribution in [2.75, 3.05) is 4.90 Å². The molecule has 0 spiro atoms. The zero-order chi connectivity index (χ0) is 13.4. The number of hydrogen-bond acceptors (Lipinski definition) is 1. The maximum atomic E-state index is 2.51. The number of fused-ring (bicyclic) bond motifs is 1. The summed E-state index contributed by atoms with van der Waals surface area (Å²) in [4.78, 5) is 2.46. The summed E-state index contributed by atoms with van der Waals surface area (Å²) in [6.07, 6.45) is 6.98. The van der Waals surface area contributed by atoms with Gasteiger partial charge in [-0.25, -0.2) is 0 Å². The molecule has 96 valence electrons. The molecule has 0 radical (unpaired) electrons. The SMILES string of the molecule is CC1=CC2=CC(C=[Si](C)C)N(c3ccccc3)C2=C1. The molecule has 1 heterocycles. The molecule has 19 heavy (non-hydrogen) atoms. The van der Waals surface area contributed by atoms with E-state index in [9.17, 15) is 0 Å². The van der Waals surface area contributed by atoms with Gasteiger partial charge in [0.15, 0.2) is 0 Å². The first-order valence-electron chi connectivity index (χ1n) is 6.76. The van der Waals surface area contributed by atoms with Crippen molar-refractivity contribution in [2.24, 2.45) is 0 Å². The van der Waals surface area contributed by atoms with Gasteiger partial charge in [-0.1, -0.05) is 43.0 Å². The lowest BCUT2D eigenvalue weighted by atomic mass is 10.2. The Balaban J connectivity index is 2.06. The van der Waals surface area contributed by atoms with E-state index in [1.807, 2.05) is 0 Å². The Bertz CT molecular complexity index is 616. The normalized spacial score (nSPS) is 20.7. The molecule has 0 N–H and O–H groups in total. The maximum absolute atomic E-state index is 2.51. The van der Waals surface area contributed by atoms with E-state index < -0.39 is 0 Å². The molecular weight excluding hydrogens is 246 g/mol. The lowest BCUT2D eigenvalue weighted by molar-refractivity contribution is 1.00. The van der Waals surface area contributed by atoms with Gasteiger partial charge in [0.25, 0.3) is 0 Å². The van der Waals surface area contributed by atoms with Crippen molar-refractivity contribution in [1.82, 2.24) is 0 Å². The van der Waals surface area contributed by atoms with E-state index >= 15 is 0 Å². The number of para-hydroxylation sites is 1. The monoisotopic (exact) mass is 265 g/mol. The molecule has 1 aliphatic carbocycles. The van der Waals surface area contributed by atoms with Crippen molar-refractivity contribution in [3.8, 4) is 0 Å². The molecule has 2 aliphatic rings. The second kappa shape index (κ2) is 4.78. The van der Waals surface area contributed by atoms with Gasteiger partial charge in [-0.05, 0) is 42.4 Å². The van der Waals surface area contributed by atoms with Crippen LogP contribution in [-0.2, 0) is 0 Å². The zero-order valence-electron chi connectivity index (χ0n) is 11.7. The third-order valence-corrected chi connectivity index (χ3v) is 4.50. The first-order valence-corrected chi connectivity index (χ1v) is 9.34. The molecule has 0 aromatic heterocycles. The van der Waals surface area contributed by atoms with Crippen molar-refractivity contribution in [3.63, 3.8) is 0 Å². The van der Waals surface area contributed by atoms with Crippen molar-refractivity contribution in [2.45, 2.75) is 26.1 Å². The molecule has 3 rings (SSSR count). The van der Waals surface area contributed by atoms with Gasteiger partial charge in [-0.2, -0.15) is 0 Å². The molecule has 0 amide bonds. The number of benzene rings is 1. The lowest BCUT2D eigenvalue weighted by Gasteiger charge is -2.26. The van der Waals surface area contributed by atoms with Gasteiger partial charge in [-0.3, -0.25) is 0 Å². The summed E-state index contributed by atoms with van der Waals surface area (Å²) in [5.41, 5.74) is 7.87. The smallest absolute Gasteiger partial charge is 0.0677 e. The molecule has 1 atom stereocenters. The van der Waals surface area contributed by atoms with Crippen molar-refractivity contribution < 1.29 is 0 Å². The van der Waals surface area contributed by atoms with Gasteiger partial charge in [0, 0.05) is 19.8 Å². The third-order valence-electron chi connectivity index (χ3n) is 3.49. The molecule has 1 aliphatic heterocycles. The highest BCUT2D eigenvalue weighted by molar-refractivity contribution is 6.64. The summed E-state index contributed by atoms with van der Waals surface area (Å²) in [6, 6.07) is 11.1. The number of allylic oxidation sites excluding steroid dienone is 3. The van der Waals surface area contributed by atoms with Crippen LogP contribution in [0.4, 0.5) is 5.69 Å². The standard InChI is InChI=1S/C17H19NSi/c1-13-9-14-11-16(12-19(2)3)18(17(14)10-13)15-7-5-4-6-8-15/h4-12,16H,1-3H3. The topological polar surface area (TPSA) is 3.24 Å². The molecule has 0 saturated carbocycles. The van der Waals surface area contributed by atoms with Crippen molar-refractivity contribution in [3.05, 3.63) is 65.4 Å². The number of nitrogens with zero attached hydrogens (tertiary/aromatic N) is 1. The van der Waals surface area contributed by atoms with E-state index in [1.54, 1.807) is 0 Å². The van der Waals surface area contributed by atoms with E-state index in [0.717, 1.165) is 0 Å². The van der Waals surface area contributed by atoms with Crippen LogP contribution in [0.25, 0.3) is 0 Å². The van der Waals surface area contributed by atoms with Gasteiger partial charge in [0.05, 0.1) is 6.04 Å². The Morgan fingerprint density at radius 3 is 2.53 bits per heavy atom. The minimum absolute atomic E-state index is 0.360. The Labute approximate surface area is 116 Å². The lowest BCUT2D eigenvalue weighted by Crippen LogP contribution is -2.31. The van der Waals surface area contributed by atoms with E-state index in [0.29, 0.717) is 6.04 Å². The summed E-state index contributed by atoms with van der Waals surface area (Å²) < 4.78 is 0. The predicted octanol–water partition coefficient (Wildman–Crippen LogP) is 3.78. The Hall–Kier alpha value is -1.67. The van der Waals surface area contributed by atoms with Crippen LogP contribution >= 0.6 is 0 Å². The number of anilines is 1. The Morgan fingerprint density at radius 2 is 1.84 bits per heavy atom. The minimum Gasteiger partial charge on any atom is -0.331 e. The van der Waals surface area contributed by atoms with Gasteiger partial charge in [0.2, 0.25) is 0 Å². The van der Waals surface area contributed by atoms with Crippen molar-refractivity contribution in [1.29, 1.82) is 0 Å². The Kier molecular flexibility index (Phi) is 3.11. The minimum atomic E-state index is -0.360. The van der Waals surface area contributed by atoms with Crippen LogP contribution in [0.3, 0.4) is 0 Å². The van der Waals surface area contributed by atoms with Crippen LogP contribution in [0.1, 0.15) is 6.92 Å².